The second kappa shape index (κ2) is 6.05. The molecule has 2 aromatic carbocycles. The minimum atomic E-state index is 0.540. The molecule has 0 aliphatic rings. The van der Waals surface area contributed by atoms with Crippen LogP contribution in [0.2, 0.25) is 0 Å². The number of aryl methyl sites for hydroxylation is 3. The topological polar surface area (TPSA) is 0 Å². The van der Waals surface area contributed by atoms with Crippen LogP contribution in [0.3, 0.4) is 0 Å². The van der Waals surface area contributed by atoms with E-state index < -0.39 is 0 Å². The van der Waals surface area contributed by atoms with Crippen molar-refractivity contribution >= 4 is 0 Å². The molecule has 0 saturated carbocycles. The largest absolute Gasteiger partial charge is 0.0613 e. The zero-order valence-corrected chi connectivity index (χ0v) is 14.5. The summed E-state index contributed by atoms with van der Waals surface area (Å²) < 4.78 is 0. The molecule has 0 fully saturated rings. The number of hydrogen-bond donors (Lipinski definition) is 0. The molecule has 0 saturated heterocycles. The molecule has 0 amide bonds. The van der Waals surface area contributed by atoms with E-state index in [0.717, 1.165) is 0 Å². The van der Waals surface area contributed by atoms with Gasteiger partial charge in [-0.15, -0.1) is 0 Å². The zero-order valence-electron chi connectivity index (χ0n) is 14.5. The van der Waals surface area contributed by atoms with Crippen molar-refractivity contribution in [2.24, 2.45) is 0 Å². The Balaban J connectivity index is 2.79. The van der Waals surface area contributed by atoms with Crippen LogP contribution in [0.25, 0.3) is 11.1 Å². The Labute approximate surface area is 130 Å². The summed E-state index contributed by atoms with van der Waals surface area (Å²) in [5.74, 6) is 1.10. The molecule has 2 rings (SSSR count). The van der Waals surface area contributed by atoms with E-state index >= 15 is 0 Å². The first kappa shape index (κ1) is 15.8. The van der Waals surface area contributed by atoms with Gasteiger partial charge in [0.15, 0.2) is 0 Å². The molecule has 112 valence electrons. The second-order valence-corrected chi connectivity index (χ2v) is 6.89. The fraction of sp³-hybridized carbons (Fsp3) is 0.429. The molecule has 2 aromatic rings. The summed E-state index contributed by atoms with van der Waals surface area (Å²) in [4.78, 5) is 0. The lowest BCUT2D eigenvalue weighted by Gasteiger charge is -2.23. The Morgan fingerprint density at radius 2 is 1.33 bits per heavy atom. The van der Waals surface area contributed by atoms with Crippen LogP contribution in [-0.4, -0.2) is 0 Å². The van der Waals surface area contributed by atoms with Crippen LogP contribution in [0, 0.1) is 20.8 Å². The van der Waals surface area contributed by atoms with Crippen LogP contribution >= 0.6 is 0 Å². The highest BCUT2D eigenvalue weighted by molar-refractivity contribution is 5.76. The van der Waals surface area contributed by atoms with Gasteiger partial charge in [-0.25, -0.2) is 0 Å². The standard InChI is InChI=1S/C21H28/c1-13(2)18-9-8-10-19(20(18)14(3)4)21-16(6)11-15(5)12-17(21)7/h8-14H,1-7H3. The Hall–Kier alpha value is -1.56. The van der Waals surface area contributed by atoms with Crippen molar-refractivity contribution in [2.75, 3.05) is 0 Å². The molecule has 0 nitrogen and oxygen atoms in total. The first-order valence-corrected chi connectivity index (χ1v) is 8.04. The third kappa shape index (κ3) is 3.05. The molecule has 0 atom stereocenters. The number of hydrogen-bond acceptors (Lipinski definition) is 0. The Morgan fingerprint density at radius 1 is 0.762 bits per heavy atom. The van der Waals surface area contributed by atoms with Crippen molar-refractivity contribution in [3.63, 3.8) is 0 Å². The number of benzene rings is 2. The molecule has 0 aliphatic heterocycles. The summed E-state index contributed by atoms with van der Waals surface area (Å²) in [5, 5.41) is 0. The Bertz CT molecular complexity index is 622. The van der Waals surface area contributed by atoms with Crippen molar-refractivity contribution in [3.8, 4) is 11.1 Å². The Morgan fingerprint density at radius 3 is 1.81 bits per heavy atom. The first-order chi connectivity index (χ1) is 9.82. The summed E-state index contributed by atoms with van der Waals surface area (Å²) in [6.07, 6.45) is 0. The molecule has 0 N–H and O–H groups in total. The fourth-order valence-corrected chi connectivity index (χ4v) is 3.55. The molecule has 0 radical (unpaired) electrons. The summed E-state index contributed by atoms with van der Waals surface area (Å²) >= 11 is 0. The molecular weight excluding hydrogens is 252 g/mol. The molecule has 21 heavy (non-hydrogen) atoms. The highest BCUT2D eigenvalue weighted by Gasteiger charge is 2.17. The third-order valence-corrected chi connectivity index (χ3v) is 4.29. The SMILES string of the molecule is Cc1cc(C)c(-c2cccc(C(C)C)c2C(C)C)c(C)c1. The molecule has 0 heteroatoms. The van der Waals surface area contributed by atoms with E-state index in [1.807, 2.05) is 0 Å². The van der Waals surface area contributed by atoms with E-state index in [4.69, 9.17) is 0 Å². The molecule has 0 unspecified atom stereocenters. The fourth-order valence-electron chi connectivity index (χ4n) is 3.55. The van der Waals surface area contributed by atoms with E-state index in [9.17, 15) is 0 Å². The van der Waals surface area contributed by atoms with Crippen LogP contribution in [0.1, 0.15) is 67.3 Å². The average Bonchev–Trinajstić information content (AvgIpc) is 2.36. The van der Waals surface area contributed by atoms with Gasteiger partial charge in [-0.05, 0) is 66.0 Å². The van der Waals surface area contributed by atoms with E-state index in [1.165, 1.54) is 38.9 Å². The zero-order chi connectivity index (χ0) is 15.7. The van der Waals surface area contributed by atoms with Gasteiger partial charge in [0.2, 0.25) is 0 Å². The molecule has 0 heterocycles. The highest BCUT2D eigenvalue weighted by atomic mass is 14.2. The van der Waals surface area contributed by atoms with Gasteiger partial charge < -0.3 is 0 Å². The lowest BCUT2D eigenvalue weighted by molar-refractivity contribution is 0.792. The second-order valence-electron chi connectivity index (χ2n) is 6.89. The predicted octanol–water partition coefficient (Wildman–Crippen LogP) is 6.53. The van der Waals surface area contributed by atoms with Crippen molar-refractivity contribution in [1.29, 1.82) is 0 Å². The normalized spacial score (nSPS) is 11.5. The van der Waals surface area contributed by atoms with Crippen molar-refractivity contribution < 1.29 is 0 Å². The molecule has 0 aliphatic carbocycles. The van der Waals surface area contributed by atoms with Crippen LogP contribution < -0.4 is 0 Å². The quantitative estimate of drug-likeness (QED) is 0.600. The van der Waals surface area contributed by atoms with Crippen LogP contribution in [-0.2, 0) is 0 Å². The summed E-state index contributed by atoms with van der Waals surface area (Å²) in [6.45, 7) is 15.9. The predicted molar refractivity (Wildman–Crippen MR) is 94.3 cm³/mol. The van der Waals surface area contributed by atoms with Gasteiger partial charge in [0, 0.05) is 0 Å². The minimum absolute atomic E-state index is 0.540. The lowest BCUT2D eigenvalue weighted by atomic mass is 9.82. The van der Waals surface area contributed by atoms with E-state index in [-0.39, 0.29) is 0 Å². The maximum Gasteiger partial charge on any atom is -0.0122 e. The Kier molecular flexibility index (Phi) is 4.56. The maximum absolute atomic E-state index is 2.31. The van der Waals surface area contributed by atoms with Gasteiger partial charge in [-0.3, -0.25) is 0 Å². The molecule has 0 bridgehead atoms. The van der Waals surface area contributed by atoms with E-state index in [1.54, 1.807) is 0 Å². The van der Waals surface area contributed by atoms with E-state index in [2.05, 4.69) is 78.8 Å². The van der Waals surface area contributed by atoms with Crippen molar-refractivity contribution in [1.82, 2.24) is 0 Å². The minimum Gasteiger partial charge on any atom is -0.0613 e. The summed E-state index contributed by atoms with van der Waals surface area (Å²) in [5.41, 5.74) is 9.97. The van der Waals surface area contributed by atoms with Gasteiger partial charge in [-0.1, -0.05) is 63.6 Å². The first-order valence-electron chi connectivity index (χ1n) is 8.04. The third-order valence-electron chi connectivity index (χ3n) is 4.29. The van der Waals surface area contributed by atoms with Crippen LogP contribution in [0.4, 0.5) is 0 Å². The van der Waals surface area contributed by atoms with Crippen molar-refractivity contribution in [2.45, 2.75) is 60.3 Å². The summed E-state index contributed by atoms with van der Waals surface area (Å²) in [7, 11) is 0. The van der Waals surface area contributed by atoms with Crippen LogP contribution in [0.15, 0.2) is 30.3 Å². The smallest absolute Gasteiger partial charge is 0.0122 e. The van der Waals surface area contributed by atoms with E-state index in [0.29, 0.717) is 11.8 Å². The molecule has 0 aromatic heterocycles. The van der Waals surface area contributed by atoms with Gasteiger partial charge in [0.05, 0.1) is 0 Å². The van der Waals surface area contributed by atoms with Gasteiger partial charge in [-0.2, -0.15) is 0 Å². The lowest BCUT2D eigenvalue weighted by Crippen LogP contribution is -2.03. The summed E-state index contributed by atoms with van der Waals surface area (Å²) in [6, 6.07) is 11.4. The molecular formula is C21H28. The highest BCUT2D eigenvalue weighted by Crippen LogP contribution is 2.38. The molecule has 0 spiro atoms. The van der Waals surface area contributed by atoms with Crippen molar-refractivity contribution in [3.05, 3.63) is 58.1 Å². The monoisotopic (exact) mass is 280 g/mol. The number of rotatable bonds is 3. The van der Waals surface area contributed by atoms with Crippen LogP contribution in [0.5, 0.6) is 0 Å². The average molecular weight is 280 g/mol. The van der Waals surface area contributed by atoms with Gasteiger partial charge in [0.25, 0.3) is 0 Å². The van der Waals surface area contributed by atoms with Gasteiger partial charge >= 0.3 is 0 Å². The maximum atomic E-state index is 2.31. The van der Waals surface area contributed by atoms with Gasteiger partial charge in [0.1, 0.15) is 0 Å².